The summed E-state index contributed by atoms with van der Waals surface area (Å²) in [6, 6.07) is 0. The van der Waals surface area contributed by atoms with E-state index in [1.54, 1.807) is 6.92 Å². The summed E-state index contributed by atoms with van der Waals surface area (Å²) in [5, 5.41) is 17.5. The van der Waals surface area contributed by atoms with Crippen LogP contribution in [-0.4, -0.2) is 31.7 Å². The van der Waals surface area contributed by atoms with E-state index >= 15 is 0 Å². The van der Waals surface area contributed by atoms with Gasteiger partial charge < -0.3 is 14.8 Å². The summed E-state index contributed by atoms with van der Waals surface area (Å²) >= 11 is 0. The molecular formula is C8H10N2O4. The van der Waals surface area contributed by atoms with Crippen molar-refractivity contribution >= 4 is 11.9 Å². The van der Waals surface area contributed by atoms with Gasteiger partial charge >= 0.3 is 11.9 Å². The molecule has 0 atom stereocenters. The molecule has 0 saturated carbocycles. The van der Waals surface area contributed by atoms with Crippen molar-refractivity contribution in [2.24, 2.45) is 7.05 Å². The molecule has 1 heterocycles. The molecule has 76 valence electrons. The molecule has 6 heteroatoms. The number of carboxylic acids is 2. The number of aryl methyl sites for hydroxylation is 1. The molecule has 0 aromatic carbocycles. The van der Waals surface area contributed by atoms with Gasteiger partial charge in [0, 0.05) is 13.5 Å². The minimum Gasteiger partial charge on any atom is -0.476 e. The Morgan fingerprint density at radius 3 is 2.21 bits per heavy atom. The van der Waals surface area contributed by atoms with E-state index in [9.17, 15) is 9.59 Å². The number of hydrogen-bond donors (Lipinski definition) is 2. The molecule has 0 radical (unpaired) electrons. The molecule has 0 aliphatic carbocycles. The average Bonchev–Trinajstić information content (AvgIpc) is 2.42. The highest BCUT2D eigenvalue weighted by molar-refractivity contribution is 5.99. The first-order valence-electron chi connectivity index (χ1n) is 4.01. The molecule has 14 heavy (non-hydrogen) atoms. The summed E-state index contributed by atoms with van der Waals surface area (Å²) in [5.74, 6) is -2.16. The lowest BCUT2D eigenvalue weighted by Gasteiger charge is -1.99. The van der Waals surface area contributed by atoms with E-state index in [2.05, 4.69) is 4.98 Å². The van der Waals surface area contributed by atoms with Gasteiger partial charge in [-0.15, -0.1) is 0 Å². The Bertz CT molecular complexity index is 394. The second-order valence-corrected chi connectivity index (χ2v) is 2.75. The molecule has 1 aromatic heterocycles. The van der Waals surface area contributed by atoms with Gasteiger partial charge in [0.15, 0.2) is 11.4 Å². The van der Waals surface area contributed by atoms with Crippen LogP contribution in [0.15, 0.2) is 0 Å². The molecule has 1 aromatic rings. The standard InChI is InChI=1S/C8H10N2O4/c1-3-4-9-5(7(11)12)6(8(13)14)10(4)2/h3H2,1-2H3,(H,11,12)(H,13,14). The first-order valence-corrected chi connectivity index (χ1v) is 4.01. The van der Waals surface area contributed by atoms with Crippen LogP contribution >= 0.6 is 0 Å². The van der Waals surface area contributed by atoms with Gasteiger partial charge in [-0.3, -0.25) is 0 Å². The molecule has 0 amide bonds. The van der Waals surface area contributed by atoms with Crippen molar-refractivity contribution in [3.8, 4) is 0 Å². The Kier molecular flexibility index (Phi) is 2.55. The molecule has 0 spiro atoms. The van der Waals surface area contributed by atoms with Crippen molar-refractivity contribution in [1.82, 2.24) is 9.55 Å². The summed E-state index contributed by atoms with van der Waals surface area (Å²) in [4.78, 5) is 25.2. The first kappa shape index (κ1) is 10.2. The van der Waals surface area contributed by atoms with Crippen LogP contribution in [0.2, 0.25) is 0 Å². The second kappa shape index (κ2) is 3.49. The summed E-state index contributed by atoms with van der Waals surface area (Å²) in [6.45, 7) is 1.78. The van der Waals surface area contributed by atoms with Crippen molar-refractivity contribution in [2.75, 3.05) is 0 Å². The fourth-order valence-electron chi connectivity index (χ4n) is 1.26. The lowest BCUT2D eigenvalue weighted by Crippen LogP contribution is -2.11. The van der Waals surface area contributed by atoms with Crippen LogP contribution in [0, 0.1) is 0 Å². The number of nitrogens with zero attached hydrogens (tertiary/aromatic N) is 2. The number of carboxylic acid groups (broad SMARTS) is 2. The summed E-state index contributed by atoms with van der Waals surface area (Å²) in [6.07, 6.45) is 0.490. The van der Waals surface area contributed by atoms with Crippen LogP contribution in [0.25, 0.3) is 0 Å². The maximum Gasteiger partial charge on any atom is 0.357 e. The predicted molar refractivity (Wildman–Crippen MR) is 46.5 cm³/mol. The van der Waals surface area contributed by atoms with Crippen LogP contribution in [0.4, 0.5) is 0 Å². The number of imidazole rings is 1. The maximum atomic E-state index is 10.8. The predicted octanol–water partition coefficient (Wildman–Crippen LogP) is 0.379. The minimum atomic E-state index is -1.32. The summed E-state index contributed by atoms with van der Waals surface area (Å²) < 4.78 is 1.28. The summed E-state index contributed by atoms with van der Waals surface area (Å²) in [7, 11) is 1.49. The molecule has 0 bridgehead atoms. The number of rotatable bonds is 3. The largest absolute Gasteiger partial charge is 0.476 e. The molecule has 0 unspecified atom stereocenters. The molecule has 0 aliphatic rings. The van der Waals surface area contributed by atoms with Gasteiger partial charge in [0.25, 0.3) is 0 Å². The van der Waals surface area contributed by atoms with Gasteiger partial charge in [0.2, 0.25) is 0 Å². The van der Waals surface area contributed by atoms with E-state index in [0.29, 0.717) is 12.2 Å². The van der Waals surface area contributed by atoms with Crippen LogP contribution < -0.4 is 0 Å². The number of aromatic nitrogens is 2. The summed E-state index contributed by atoms with van der Waals surface area (Å²) in [5.41, 5.74) is -0.689. The number of hydrogen-bond acceptors (Lipinski definition) is 3. The van der Waals surface area contributed by atoms with Crippen LogP contribution in [0.5, 0.6) is 0 Å². The zero-order valence-electron chi connectivity index (χ0n) is 7.81. The van der Waals surface area contributed by atoms with Crippen LogP contribution in [0.1, 0.15) is 33.7 Å². The second-order valence-electron chi connectivity index (χ2n) is 2.75. The first-order chi connectivity index (χ1) is 6.49. The minimum absolute atomic E-state index is 0.283. The normalized spacial score (nSPS) is 10.1. The van der Waals surface area contributed by atoms with Gasteiger partial charge in [-0.05, 0) is 0 Å². The smallest absolute Gasteiger partial charge is 0.357 e. The zero-order valence-corrected chi connectivity index (χ0v) is 7.81. The van der Waals surface area contributed by atoms with Crippen molar-refractivity contribution in [3.63, 3.8) is 0 Å². The molecule has 6 nitrogen and oxygen atoms in total. The monoisotopic (exact) mass is 198 g/mol. The van der Waals surface area contributed by atoms with Crippen molar-refractivity contribution in [2.45, 2.75) is 13.3 Å². The number of carbonyl (C=O) groups is 2. The molecule has 0 fully saturated rings. The fourth-order valence-corrected chi connectivity index (χ4v) is 1.26. The van der Waals surface area contributed by atoms with E-state index in [-0.39, 0.29) is 5.69 Å². The number of aromatic carboxylic acids is 2. The zero-order chi connectivity index (χ0) is 10.9. The van der Waals surface area contributed by atoms with Gasteiger partial charge in [-0.2, -0.15) is 0 Å². The molecule has 2 N–H and O–H groups in total. The Hall–Kier alpha value is -1.85. The van der Waals surface area contributed by atoms with E-state index < -0.39 is 17.6 Å². The van der Waals surface area contributed by atoms with Crippen molar-refractivity contribution in [1.29, 1.82) is 0 Å². The maximum absolute atomic E-state index is 10.8. The molecule has 1 rings (SSSR count). The Balaban J connectivity index is 3.42. The molecule has 0 saturated heterocycles. The Morgan fingerprint density at radius 2 is 1.93 bits per heavy atom. The van der Waals surface area contributed by atoms with Gasteiger partial charge in [-0.1, -0.05) is 6.92 Å². The quantitative estimate of drug-likeness (QED) is 0.732. The lowest BCUT2D eigenvalue weighted by atomic mass is 10.3. The van der Waals surface area contributed by atoms with Crippen LogP contribution in [0.3, 0.4) is 0 Å². The third-order valence-electron chi connectivity index (χ3n) is 1.91. The van der Waals surface area contributed by atoms with Gasteiger partial charge in [0.1, 0.15) is 5.82 Å². The van der Waals surface area contributed by atoms with E-state index in [1.165, 1.54) is 11.6 Å². The van der Waals surface area contributed by atoms with Gasteiger partial charge in [-0.25, -0.2) is 14.6 Å². The van der Waals surface area contributed by atoms with E-state index in [4.69, 9.17) is 10.2 Å². The van der Waals surface area contributed by atoms with Crippen molar-refractivity contribution < 1.29 is 19.8 Å². The highest BCUT2D eigenvalue weighted by Gasteiger charge is 2.24. The third-order valence-corrected chi connectivity index (χ3v) is 1.91. The average molecular weight is 198 g/mol. The van der Waals surface area contributed by atoms with Gasteiger partial charge in [0.05, 0.1) is 0 Å². The Morgan fingerprint density at radius 1 is 1.36 bits per heavy atom. The fraction of sp³-hybridized carbons (Fsp3) is 0.375. The topological polar surface area (TPSA) is 92.4 Å². The molecular weight excluding hydrogens is 188 g/mol. The Labute approximate surface area is 79.8 Å². The highest BCUT2D eigenvalue weighted by Crippen LogP contribution is 2.11. The van der Waals surface area contributed by atoms with E-state index in [1.807, 2.05) is 0 Å². The highest BCUT2D eigenvalue weighted by atomic mass is 16.4. The van der Waals surface area contributed by atoms with Crippen molar-refractivity contribution in [3.05, 3.63) is 17.2 Å². The van der Waals surface area contributed by atoms with Crippen LogP contribution in [-0.2, 0) is 13.5 Å². The lowest BCUT2D eigenvalue weighted by molar-refractivity contribution is 0.0641. The van der Waals surface area contributed by atoms with E-state index in [0.717, 1.165) is 0 Å². The molecule has 0 aliphatic heterocycles. The SMILES string of the molecule is CCc1nc(C(=O)O)c(C(=O)O)n1C. The third kappa shape index (κ3) is 1.46.